The molecular weight excluding hydrogens is 348 g/mol. The minimum absolute atomic E-state index is 0.0383. The first-order chi connectivity index (χ1) is 12.5. The molecule has 1 N–H and O–H groups in total. The van der Waals surface area contributed by atoms with Gasteiger partial charge in [0, 0.05) is 11.1 Å². The highest BCUT2D eigenvalue weighted by Crippen LogP contribution is 2.15. The van der Waals surface area contributed by atoms with Crippen LogP contribution in [0.15, 0.2) is 54.6 Å². The number of ether oxygens (including phenoxy) is 2. The van der Waals surface area contributed by atoms with E-state index in [2.05, 4.69) is 10.1 Å². The second kappa shape index (κ2) is 9.26. The zero-order chi connectivity index (χ0) is 18.9. The van der Waals surface area contributed by atoms with Gasteiger partial charge in [0.25, 0.3) is 5.91 Å². The molecule has 0 bridgehead atoms. The highest BCUT2D eigenvalue weighted by Gasteiger charge is 2.13. The average Bonchev–Trinajstić information content (AvgIpc) is 2.64. The molecule has 8 heteroatoms. The minimum Gasteiger partial charge on any atom is -0.456 e. The molecule has 0 radical (unpaired) electrons. The first kappa shape index (κ1) is 19.0. The number of esters is 1. The lowest BCUT2D eigenvalue weighted by molar-refractivity contribution is -0.141. The van der Waals surface area contributed by atoms with Gasteiger partial charge >= 0.3 is 12.6 Å². The maximum Gasteiger partial charge on any atom is 0.387 e. The number of ketones is 1. The van der Waals surface area contributed by atoms with Crippen molar-refractivity contribution >= 4 is 17.7 Å². The van der Waals surface area contributed by atoms with Crippen molar-refractivity contribution in [3.63, 3.8) is 0 Å². The molecule has 6 nitrogen and oxygen atoms in total. The van der Waals surface area contributed by atoms with E-state index in [4.69, 9.17) is 4.74 Å². The second-order valence-electron chi connectivity index (χ2n) is 5.04. The summed E-state index contributed by atoms with van der Waals surface area (Å²) in [6.07, 6.45) is 0. The van der Waals surface area contributed by atoms with E-state index in [9.17, 15) is 23.2 Å². The second-order valence-corrected chi connectivity index (χ2v) is 5.04. The van der Waals surface area contributed by atoms with Crippen LogP contribution in [0.2, 0.25) is 0 Å². The van der Waals surface area contributed by atoms with Crippen molar-refractivity contribution in [1.29, 1.82) is 0 Å². The summed E-state index contributed by atoms with van der Waals surface area (Å²) in [7, 11) is 0. The van der Waals surface area contributed by atoms with Crippen LogP contribution in [0, 0.1) is 0 Å². The Balaban J connectivity index is 1.80. The number of carbonyl (C=O) groups is 3. The molecule has 0 saturated carbocycles. The van der Waals surface area contributed by atoms with E-state index < -0.39 is 31.6 Å². The zero-order valence-electron chi connectivity index (χ0n) is 13.5. The fraction of sp³-hybridized carbons (Fsp3) is 0.167. The van der Waals surface area contributed by atoms with Crippen molar-refractivity contribution < 1.29 is 32.6 Å². The van der Waals surface area contributed by atoms with Crippen molar-refractivity contribution in [2.45, 2.75) is 6.61 Å². The van der Waals surface area contributed by atoms with Crippen LogP contribution in [-0.4, -0.2) is 37.4 Å². The number of hydrogen-bond acceptors (Lipinski definition) is 5. The third kappa shape index (κ3) is 5.97. The molecule has 0 atom stereocenters. The number of Topliss-reactive ketones (excluding diaryl/α,β-unsaturated/α-hetero) is 1. The number of amides is 1. The maximum atomic E-state index is 12.2. The van der Waals surface area contributed by atoms with E-state index in [1.807, 2.05) is 0 Å². The lowest BCUT2D eigenvalue weighted by Crippen LogP contribution is -2.31. The van der Waals surface area contributed by atoms with Gasteiger partial charge in [-0.15, -0.1) is 0 Å². The summed E-state index contributed by atoms with van der Waals surface area (Å²) in [6, 6.07) is 13.4. The summed E-state index contributed by atoms with van der Waals surface area (Å²) >= 11 is 0. The SMILES string of the molecule is O=C(CNC(=O)c1cccc(OC(F)F)c1)OCC(=O)c1ccccc1. The van der Waals surface area contributed by atoms with E-state index in [0.717, 1.165) is 6.07 Å². The van der Waals surface area contributed by atoms with Crippen molar-refractivity contribution in [2.75, 3.05) is 13.2 Å². The average molecular weight is 363 g/mol. The molecule has 136 valence electrons. The lowest BCUT2D eigenvalue weighted by Gasteiger charge is -2.08. The van der Waals surface area contributed by atoms with Crippen molar-refractivity contribution in [1.82, 2.24) is 5.32 Å². The van der Waals surface area contributed by atoms with Gasteiger partial charge < -0.3 is 14.8 Å². The molecule has 0 saturated heterocycles. The molecule has 0 aromatic heterocycles. The van der Waals surface area contributed by atoms with Crippen LogP contribution in [0.3, 0.4) is 0 Å². The molecule has 0 aliphatic heterocycles. The first-order valence-corrected chi connectivity index (χ1v) is 7.52. The van der Waals surface area contributed by atoms with Crippen LogP contribution in [0.5, 0.6) is 5.75 Å². The highest BCUT2D eigenvalue weighted by atomic mass is 19.3. The van der Waals surface area contributed by atoms with Crippen LogP contribution < -0.4 is 10.1 Å². The van der Waals surface area contributed by atoms with E-state index in [0.29, 0.717) is 5.56 Å². The monoisotopic (exact) mass is 363 g/mol. The van der Waals surface area contributed by atoms with Gasteiger partial charge in [-0.05, 0) is 18.2 Å². The molecule has 2 aromatic carbocycles. The summed E-state index contributed by atoms with van der Waals surface area (Å²) in [5.41, 5.74) is 0.441. The molecular formula is C18H15F2NO5. The van der Waals surface area contributed by atoms with E-state index in [1.54, 1.807) is 30.3 Å². The van der Waals surface area contributed by atoms with Crippen LogP contribution in [-0.2, 0) is 9.53 Å². The Hall–Kier alpha value is -3.29. The molecule has 0 spiro atoms. The molecule has 0 unspecified atom stereocenters. The largest absolute Gasteiger partial charge is 0.456 e. The van der Waals surface area contributed by atoms with Gasteiger partial charge in [-0.3, -0.25) is 14.4 Å². The lowest BCUT2D eigenvalue weighted by atomic mass is 10.1. The predicted octanol–water partition coefficient (Wildman–Crippen LogP) is 2.44. The number of hydrogen-bond donors (Lipinski definition) is 1. The van der Waals surface area contributed by atoms with Crippen LogP contribution in [0.4, 0.5) is 8.78 Å². The maximum absolute atomic E-state index is 12.2. The number of nitrogens with one attached hydrogen (secondary N) is 1. The Labute approximate surface area is 147 Å². The van der Waals surface area contributed by atoms with Crippen LogP contribution in [0.1, 0.15) is 20.7 Å². The third-order valence-corrected chi connectivity index (χ3v) is 3.17. The third-order valence-electron chi connectivity index (χ3n) is 3.17. The Bertz CT molecular complexity index is 780. The van der Waals surface area contributed by atoms with Crippen molar-refractivity contribution in [2.24, 2.45) is 0 Å². The summed E-state index contributed by atoms with van der Waals surface area (Å²) < 4.78 is 33.3. The summed E-state index contributed by atoms with van der Waals surface area (Å²) in [4.78, 5) is 35.3. The van der Waals surface area contributed by atoms with E-state index >= 15 is 0 Å². The van der Waals surface area contributed by atoms with E-state index in [1.165, 1.54) is 18.2 Å². The number of alkyl halides is 2. The number of halogens is 2. The van der Waals surface area contributed by atoms with Gasteiger partial charge in [-0.2, -0.15) is 8.78 Å². The van der Waals surface area contributed by atoms with Gasteiger partial charge in [-0.25, -0.2) is 0 Å². The predicted molar refractivity (Wildman–Crippen MR) is 87.1 cm³/mol. The van der Waals surface area contributed by atoms with Gasteiger partial charge in [0.2, 0.25) is 0 Å². The van der Waals surface area contributed by atoms with Crippen molar-refractivity contribution in [3.8, 4) is 5.75 Å². The smallest absolute Gasteiger partial charge is 0.387 e. The molecule has 0 heterocycles. The Morgan fingerprint density at radius 3 is 2.35 bits per heavy atom. The topological polar surface area (TPSA) is 81.7 Å². The number of benzene rings is 2. The van der Waals surface area contributed by atoms with Crippen molar-refractivity contribution in [3.05, 3.63) is 65.7 Å². The zero-order valence-corrected chi connectivity index (χ0v) is 13.5. The quantitative estimate of drug-likeness (QED) is 0.575. The van der Waals surface area contributed by atoms with E-state index in [-0.39, 0.29) is 17.1 Å². The summed E-state index contributed by atoms with van der Waals surface area (Å²) in [5.74, 6) is -2.02. The normalized spacial score (nSPS) is 10.3. The van der Waals surface area contributed by atoms with Crippen LogP contribution in [0.25, 0.3) is 0 Å². The van der Waals surface area contributed by atoms with Crippen LogP contribution >= 0.6 is 0 Å². The molecule has 1 amide bonds. The van der Waals surface area contributed by atoms with Gasteiger partial charge in [0.1, 0.15) is 12.3 Å². The first-order valence-electron chi connectivity index (χ1n) is 7.52. The fourth-order valence-electron chi connectivity index (χ4n) is 1.97. The van der Waals surface area contributed by atoms with Gasteiger partial charge in [0.05, 0.1) is 0 Å². The van der Waals surface area contributed by atoms with Gasteiger partial charge in [-0.1, -0.05) is 36.4 Å². The standard InChI is InChI=1S/C18H15F2NO5/c19-18(20)26-14-8-4-7-13(9-14)17(24)21-10-16(23)25-11-15(22)12-5-2-1-3-6-12/h1-9,18H,10-11H2,(H,21,24). The number of carbonyl (C=O) groups excluding carboxylic acids is 3. The molecule has 2 aromatic rings. The number of rotatable bonds is 8. The Kier molecular flexibility index (Phi) is 6.78. The molecule has 26 heavy (non-hydrogen) atoms. The highest BCUT2D eigenvalue weighted by molar-refractivity contribution is 5.98. The Morgan fingerprint density at radius 2 is 1.65 bits per heavy atom. The minimum atomic E-state index is -3.01. The molecule has 2 rings (SSSR count). The summed E-state index contributed by atoms with van der Waals surface area (Å²) in [6.45, 7) is -3.93. The Morgan fingerprint density at radius 1 is 0.962 bits per heavy atom. The summed E-state index contributed by atoms with van der Waals surface area (Å²) in [5, 5.41) is 2.27. The van der Waals surface area contributed by atoms with Gasteiger partial charge in [0.15, 0.2) is 12.4 Å². The molecule has 0 aliphatic rings. The molecule has 0 aliphatic carbocycles. The fourth-order valence-corrected chi connectivity index (χ4v) is 1.97. The molecule has 0 fully saturated rings.